The van der Waals surface area contributed by atoms with Crippen LogP contribution in [0.15, 0.2) is 23.2 Å². The van der Waals surface area contributed by atoms with Crippen LogP contribution in [0.2, 0.25) is 0 Å². The summed E-state index contributed by atoms with van der Waals surface area (Å²) in [4.78, 5) is 4.52. The summed E-state index contributed by atoms with van der Waals surface area (Å²) in [7, 11) is 0. The van der Waals surface area contributed by atoms with Crippen LogP contribution in [-0.4, -0.2) is 32.3 Å². The first kappa shape index (κ1) is 16.7. The molecule has 1 fully saturated rings. The highest BCUT2D eigenvalue weighted by Crippen LogP contribution is 2.28. The van der Waals surface area contributed by atoms with Crippen molar-refractivity contribution in [2.75, 3.05) is 26.3 Å². The minimum atomic E-state index is -0.175. The van der Waals surface area contributed by atoms with Gasteiger partial charge in [0, 0.05) is 19.7 Å². The average Bonchev–Trinajstić information content (AvgIpc) is 3.32. The van der Waals surface area contributed by atoms with Crippen LogP contribution in [-0.2, 0) is 11.3 Å². The van der Waals surface area contributed by atoms with E-state index < -0.39 is 0 Å². The number of nitrogens with one attached hydrogen (secondary N) is 2. The Kier molecular flexibility index (Phi) is 6.65. The predicted molar refractivity (Wildman–Crippen MR) is 87.5 cm³/mol. The molecular weight excluding hydrogens is 281 g/mol. The lowest BCUT2D eigenvalue weighted by molar-refractivity contribution is 0.129. The maximum atomic E-state index is 13.2. The van der Waals surface area contributed by atoms with Gasteiger partial charge < -0.3 is 15.4 Å². The van der Waals surface area contributed by atoms with Crippen LogP contribution in [0, 0.1) is 18.7 Å². The van der Waals surface area contributed by atoms with Crippen molar-refractivity contribution >= 4 is 5.96 Å². The van der Waals surface area contributed by atoms with Crippen molar-refractivity contribution < 1.29 is 9.13 Å². The van der Waals surface area contributed by atoms with Gasteiger partial charge >= 0.3 is 0 Å². The summed E-state index contributed by atoms with van der Waals surface area (Å²) < 4.78 is 18.8. The van der Waals surface area contributed by atoms with Gasteiger partial charge in [0.05, 0.1) is 13.2 Å². The summed E-state index contributed by atoms with van der Waals surface area (Å²) >= 11 is 0. The Morgan fingerprint density at radius 3 is 2.86 bits per heavy atom. The molecule has 0 bridgehead atoms. The molecular formula is C17H26FN3O. The molecule has 1 saturated carbocycles. The first-order valence-corrected chi connectivity index (χ1v) is 8.04. The molecule has 122 valence electrons. The maximum Gasteiger partial charge on any atom is 0.191 e. The zero-order valence-electron chi connectivity index (χ0n) is 13.5. The maximum absolute atomic E-state index is 13.2. The SMILES string of the molecule is CCNC(=NCc1ccc(F)c(C)c1)NCCOCC1CC1. The third kappa shape index (κ3) is 6.02. The fourth-order valence-electron chi connectivity index (χ4n) is 2.09. The van der Waals surface area contributed by atoms with E-state index in [9.17, 15) is 4.39 Å². The van der Waals surface area contributed by atoms with Gasteiger partial charge in [-0.25, -0.2) is 9.38 Å². The third-order valence-electron chi connectivity index (χ3n) is 3.58. The summed E-state index contributed by atoms with van der Waals surface area (Å²) in [5.41, 5.74) is 1.65. The van der Waals surface area contributed by atoms with Crippen molar-refractivity contribution in [2.45, 2.75) is 33.2 Å². The van der Waals surface area contributed by atoms with Gasteiger partial charge in [0.25, 0.3) is 0 Å². The molecule has 0 saturated heterocycles. The second-order valence-corrected chi connectivity index (χ2v) is 5.72. The third-order valence-corrected chi connectivity index (χ3v) is 3.58. The number of hydrogen-bond acceptors (Lipinski definition) is 2. The largest absolute Gasteiger partial charge is 0.379 e. The molecule has 5 heteroatoms. The van der Waals surface area contributed by atoms with Crippen LogP contribution in [0.4, 0.5) is 4.39 Å². The van der Waals surface area contributed by atoms with Crippen molar-refractivity contribution in [3.63, 3.8) is 0 Å². The van der Waals surface area contributed by atoms with Gasteiger partial charge in [-0.1, -0.05) is 12.1 Å². The first-order chi connectivity index (χ1) is 10.7. The standard InChI is InChI=1S/C17H26FN3O/c1-3-19-17(20-8-9-22-12-14-4-5-14)21-11-15-6-7-16(18)13(2)10-15/h6-7,10,14H,3-5,8-9,11-12H2,1-2H3,(H2,19,20,21). The Balaban J connectivity index is 1.76. The second-order valence-electron chi connectivity index (χ2n) is 5.72. The van der Waals surface area contributed by atoms with Crippen molar-refractivity contribution in [1.82, 2.24) is 10.6 Å². The smallest absolute Gasteiger partial charge is 0.191 e. The van der Waals surface area contributed by atoms with Crippen LogP contribution in [0.3, 0.4) is 0 Å². The molecule has 1 aliphatic rings. The Morgan fingerprint density at radius 1 is 1.36 bits per heavy atom. The quantitative estimate of drug-likeness (QED) is 0.441. The van der Waals surface area contributed by atoms with Crippen LogP contribution in [0.1, 0.15) is 30.9 Å². The molecule has 0 heterocycles. The minimum Gasteiger partial charge on any atom is -0.379 e. The minimum absolute atomic E-state index is 0.175. The van der Waals surface area contributed by atoms with E-state index in [-0.39, 0.29) is 5.82 Å². The highest BCUT2D eigenvalue weighted by Gasteiger charge is 2.20. The van der Waals surface area contributed by atoms with E-state index >= 15 is 0 Å². The Hall–Kier alpha value is -1.62. The molecule has 0 atom stereocenters. The molecule has 1 aromatic carbocycles. The van der Waals surface area contributed by atoms with Crippen molar-refractivity contribution in [1.29, 1.82) is 0 Å². The van der Waals surface area contributed by atoms with Crippen molar-refractivity contribution in [2.24, 2.45) is 10.9 Å². The molecule has 0 amide bonds. The molecule has 4 nitrogen and oxygen atoms in total. The molecule has 0 aliphatic heterocycles. The number of halogens is 1. The molecule has 1 aliphatic carbocycles. The number of ether oxygens (including phenoxy) is 1. The number of aliphatic imine (C=N–C) groups is 1. The molecule has 22 heavy (non-hydrogen) atoms. The number of nitrogens with zero attached hydrogens (tertiary/aromatic N) is 1. The van der Waals surface area contributed by atoms with E-state index in [0.29, 0.717) is 18.7 Å². The number of benzene rings is 1. The van der Waals surface area contributed by atoms with E-state index in [1.165, 1.54) is 18.9 Å². The normalized spacial score (nSPS) is 15.0. The summed E-state index contributed by atoms with van der Waals surface area (Å²) in [5, 5.41) is 6.45. The Labute approximate surface area is 132 Å². The fraction of sp³-hybridized carbons (Fsp3) is 0.588. The molecule has 0 unspecified atom stereocenters. The summed E-state index contributed by atoms with van der Waals surface area (Å²) in [6, 6.07) is 5.10. The van der Waals surface area contributed by atoms with Gasteiger partial charge in [-0.2, -0.15) is 0 Å². The highest BCUT2D eigenvalue weighted by molar-refractivity contribution is 5.79. The van der Waals surface area contributed by atoms with Crippen LogP contribution < -0.4 is 10.6 Å². The number of rotatable bonds is 8. The van der Waals surface area contributed by atoms with Gasteiger partial charge in [-0.05, 0) is 49.8 Å². The molecule has 0 radical (unpaired) electrons. The van der Waals surface area contributed by atoms with E-state index in [2.05, 4.69) is 15.6 Å². The summed E-state index contributed by atoms with van der Waals surface area (Å²) in [5.74, 6) is 1.38. The second kappa shape index (κ2) is 8.73. The lowest BCUT2D eigenvalue weighted by Crippen LogP contribution is -2.39. The van der Waals surface area contributed by atoms with Crippen molar-refractivity contribution in [3.8, 4) is 0 Å². The van der Waals surface area contributed by atoms with Gasteiger partial charge in [0.2, 0.25) is 0 Å². The van der Waals surface area contributed by atoms with Crippen LogP contribution in [0.25, 0.3) is 0 Å². The molecule has 2 rings (SSSR count). The van der Waals surface area contributed by atoms with Crippen LogP contribution in [0.5, 0.6) is 0 Å². The summed E-state index contributed by atoms with van der Waals surface area (Å²) in [6.45, 7) is 7.43. The topological polar surface area (TPSA) is 45.7 Å². The van der Waals surface area contributed by atoms with Gasteiger partial charge in [0.1, 0.15) is 5.82 Å². The van der Waals surface area contributed by atoms with E-state index in [0.717, 1.165) is 37.1 Å². The number of guanidine groups is 1. The highest BCUT2D eigenvalue weighted by atomic mass is 19.1. The predicted octanol–water partition coefficient (Wildman–Crippen LogP) is 2.62. The Morgan fingerprint density at radius 2 is 2.18 bits per heavy atom. The molecule has 0 spiro atoms. The lowest BCUT2D eigenvalue weighted by atomic mass is 10.1. The average molecular weight is 307 g/mol. The first-order valence-electron chi connectivity index (χ1n) is 8.04. The number of aryl methyl sites for hydroxylation is 1. The van der Waals surface area contributed by atoms with Gasteiger partial charge in [-0.15, -0.1) is 0 Å². The number of hydrogen-bond donors (Lipinski definition) is 2. The van der Waals surface area contributed by atoms with Gasteiger partial charge in [-0.3, -0.25) is 0 Å². The molecule has 1 aromatic rings. The molecule has 0 aromatic heterocycles. The zero-order valence-corrected chi connectivity index (χ0v) is 13.5. The Bertz CT molecular complexity index is 501. The monoisotopic (exact) mass is 307 g/mol. The lowest BCUT2D eigenvalue weighted by Gasteiger charge is -2.11. The zero-order chi connectivity index (χ0) is 15.8. The fourth-order valence-corrected chi connectivity index (χ4v) is 2.09. The van der Waals surface area contributed by atoms with E-state index in [4.69, 9.17) is 4.74 Å². The van der Waals surface area contributed by atoms with Gasteiger partial charge in [0.15, 0.2) is 5.96 Å². The van der Waals surface area contributed by atoms with Crippen LogP contribution >= 0.6 is 0 Å². The molecule has 2 N–H and O–H groups in total. The summed E-state index contributed by atoms with van der Waals surface area (Å²) in [6.07, 6.45) is 2.63. The van der Waals surface area contributed by atoms with E-state index in [1.807, 2.05) is 13.0 Å². The van der Waals surface area contributed by atoms with Crippen molar-refractivity contribution in [3.05, 3.63) is 35.1 Å². The van der Waals surface area contributed by atoms with E-state index in [1.54, 1.807) is 13.0 Å².